The van der Waals surface area contributed by atoms with Gasteiger partial charge in [0.05, 0.1) is 17.5 Å². The average molecular weight is 309 g/mol. The lowest BCUT2D eigenvalue weighted by Gasteiger charge is -2.07. The zero-order valence-electron chi connectivity index (χ0n) is 12.7. The first-order valence-electron chi connectivity index (χ1n) is 7.28. The van der Waals surface area contributed by atoms with Gasteiger partial charge in [0.2, 0.25) is 0 Å². The largest absolute Gasteiger partial charge is 0.348 e. The third-order valence-electron chi connectivity index (χ3n) is 3.63. The lowest BCUT2D eigenvalue weighted by Crippen LogP contribution is -2.23. The summed E-state index contributed by atoms with van der Waals surface area (Å²) < 4.78 is 15.3. The molecule has 3 rings (SSSR count). The monoisotopic (exact) mass is 309 g/mol. The number of benzene rings is 2. The van der Waals surface area contributed by atoms with Crippen LogP contribution in [0.25, 0.3) is 5.69 Å². The number of hydrogen-bond donors (Lipinski definition) is 1. The van der Waals surface area contributed by atoms with Gasteiger partial charge >= 0.3 is 0 Å². The van der Waals surface area contributed by atoms with Crippen molar-refractivity contribution in [3.63, 3.8) is 0 Å². The summed E-state index contributed by atoms with van der Waals surface area (Å²) in [7, 11) is 0. The van der Waals surface area contributed by atoms with Gasteiger partial charge in [-0.3, -0.25) is 4.79 Å². The highest BCUT2D eigenvalue weighted by atomic mass is 19.1. The number of carbonyl (C=O) groups excluding carboxylic acids is 1. The normalized spacial score (nSPS) is 10.5. The van der Waals surface area contributed by atoms with Gasteiger partial charge in [-0.2, -0.15) is 5.10 Å². The number of nitrogens with one attached hydrogen (secondary N) is 1. The third-order valence-corrected chi connectivity index (χ3v) is 3.63. The molecule has 5 heteroatoms. The Morgan fingerprint density at radius 2 is 1.83 bits per heavy atom. The molecule has 3 aromatic rings. The van der Waals surface area contributed by atoms with Crippen LogP contribution in [0.2, 0.25) is 0 Å². The van der Waals surface area contributed by atoms with Crippen LogP contribution in [0.15, 0.2) is 60.8 Å². The van der Waals surface area contributed by atoms with Crippen molar-refractivity contribution < 1.29 is 9.18 Å². The molecule has 2 aromatic carbocycles. The molecule has 116 valence electrons. The van der Waals surface area contributed by atoms with E-state index in [0.717, 1.165) is 5.56 Å². The minimum Gasteiger partial charge on any atom is -0.348 e. The van der Waals surface area contributed by atoms with E-state index in [1.807, 2.05) is 30.3 Å². The molecule has 0 radical (unpaired) electrons. The van der Waals surface area contributed by atoms with Gasteiger partial charge in [0, 0.05) is 6.54 Å². The van der Waals surface area contributed by atoms with E-state index in [1.54, 1.807) is 25.1 Å². The van der Waals surface area contributed by atoms with Gasteiger partial charge in [0.1, 0.15) is 11.5 Å². The number of aromatic nitrogens is 2. The van der Waals surface area contributed by atoms with Crippen LogP contribution in [0.3, 0.4) is 0 Å². The number of carbonyl (C=O) groups is 1. The van der Waals surface area contributed by atoms with Crippen LogP contribution in [-0.2, 0) is 6.54 Å². The molecule has 0 aliphatic rings. The molecule has 1 N–H and O–H groups in total. The Labute approximate surface area is 133 Å². The van der Waals surface area contributed by atoms with Crippen molar-refractivity contribution in [1.29, 1.82) is 0 Å². The van der Waals surface area contributed by atoms with Crippen LogP contribution >= 0.6 is 0 Å². The van der Waals surface area contributed by atoms with E-state index in [9.17, 15) is 9.18 Å². The highest BCUT2D eigenvalue weighted by Gasteiger charge is 2.16. The molecule has 0 aliphatic carbocycles. The van der Waals surface area contributed by atoms with Gasteiger partial charge in [0.15, 0.2) is 0 Å². The van der Waals surface area contributed by atoms with E-state index in [1.165, 1.54) is 16.9 Å². The molecule has 4 nitrogen and oxygen atoms in total. The van der Waals surface area contributed by atoms with Gasteiger partial charge in [-0.1, -0.05) is 42.5 Å². The topological polar surface area (TPSA) is 46.9 Å². The first kappa shape index (κ1) is 15.0. The molecule has 23 heavy (non-hydrogen) atoms. The fourth-order valence-corrected chi connectivity index (χ4v) is 2.37. The number of halogens is 1. The second-order valence-electron chi connectivity index (χ2n) is 5.18. The van der Waals surface area contributed by atoms with Crippen molar-refractivity contribution in [3.8, 4) is 5.69 Å². The van der Waals surface area contributed by atoms with Gasteiger partial charge in [-0.25, -0.2) is 9.07 Å². The molecular formula is C18H16FN3O. The van der Waals surface area contributed by atoms with Crippen LogP contribution in [-0.4, -0.2) is 15.7 Å². The molecule has 0 atom stereocenters. The maximum Gasteiger partial charge on any atom is 0.255 e. The lowest BCUT2D eigenvalue weighted by atomic mass is 10.2. The maximum atomic E-state index is 13.9. The quantitative estimate of drug-likeness (QED) is 0.804. The summed E-state index contributed by atoms with van der Waals surface area (Å²) in [5.74, 6) is -0.608. The van der Waals surface area contributed by atoms with E-state index in [4.69, 9.17) is 0 Å². The summed E-state index contributed by atoms with van der Waals surface area (Å²) in [4.78, 5) is 12.3. The van der Waals surface area contributed by atoms with Gasteiger partial charge in [0.25, 0.3) is 5.91 Å². The van der Waals surface area contributed by atoms with E-state index in [-0.39, 0.29) is 11.7 Å². The van der Waals surface area contributed by atoms with Crippen LogP contribution in [0, 0.1) is 12.7 Å². The lowest BCUT2D eigenvalue weighted by molar-refractivity contribution is 0.0950. The number of amides is 1. The Balaban J connectivity index is 1.79. The minimum absolute atomic E-state index is 0.228. The molecule has 0 unspecified atom stereocenters. The fourth-order valence-electron chi connectivity index (χ4n) is 2.37. The van der Waals surface area contributed by atoms with Gasteiger partial charge in [-0.05, 0) is 24.6 Å². The Hall–Kier alpha value is -2.95. The molecule has 1 amide bonds. The van der Waals surface area contributed by atoms with Crippen molar-refractivity contribution >= 4 is 5.91 Å². The van der Waals surface area contributed by atoms with Crippen LogP contribution < -0.4 is 5.32 Å². The molecule has 1 aromatic heterocycles. The Morgan fingerprint density at radius 1 is 1.13 bits per heavy atom. The molecular weight excluding hydrogens is 293 g/mol. The number of rotatable bonds is 4. The van der Waals surface area contributed by atoms with Gasteiger partial charge < -0.3 is 5.32 Å². The summed E-state index contributed by atoms with van der Waals surface area (Å²) in [6.07, 6.45) is 1.46. The van der Waals surface area contributed by atoms with Crippen molar-refractivity contribution in [3.05, 3.63) is 83.4 Å². The molecule has 0 aliphatic heterocycles. The zero-order chi connectivity index (χ0) is 16.2. The van der Waals surface area contributed by atoms with Crippen molar-refractivity contribution in [2.75, 3.05) is 0 Å². The minimum atomic E-state index is -0.380. The zero-order valence-corrected chi connectivity index (χ0v) is 12.7. The van der Waals surface area contributed by atoms with Crippen molar-refractivity contribution in [1.82, 2.24) is 15.1 Å². The SMILES string of the molecule is Cc1c(C(=O)NCc2ccccc2)cnn1-c1ccccc1F. The summed E-state index contributed by atoms with van der Waals surface area (Å²) in [5, 5.41) is 6.99. The van der Waals surface area contributed by atoms with E-state index in [0.29, 0.717) is 23.5 Å². The highest BCUT2D eigenvalue weighted by Crippen LogP contribution is 2.17. The first-order chi connectivity index (χ1) is 11.2. The van der Waals surface area contributed by atoms with Gasteiger partial charge in [-0.15, -0.1) is 0 Å². The van der Waals surface area contributed by atoms with E-state index >= 15 is 0 Å². The summed E-state index contributed by atoms with van der Waals surface area (Å²) in [6, 6.07) is 16.0. The Kier molecular flexibility index (Phi) is 4.19. The average Bonchev–Trinajstić information content (AvgIpc) is 2.95. The van der Waals surface area contributed by atoms with E-state index in [2.05, 4.69) is 10.4 Å². The van der Waals surface area contributed by atoms with Crippen LogP contribution in [0.1, 0.15) is 21.6 Å². The fraction of sp³-hybridized carbons (Fsp3) is 0.111. The maximum absolute atomic E-state index is 13.9. The number of para-hydroxylation sites is 1. The van der Waals surface area contributed by atoms with Crippen LogP contribution in [0.4, 0.5) is 4.39 Å². The van der Waals surface area contributed by atoms with Crippen molar-refractivity contribution in [2.24, 2.45) is 0 Å². The molecule has 0 fully saturated rings. The molecule has 0 spiro atoms. The molecule has 0 bridgehead atoms. The predicted octanol–water partition coefficient (Wildman–Crippen LogP) is 3.25. The standard InChI is InChI=1S/C18H16FN3O/c1-13-15(18(23)20-11-14-7-3-2-4-8-14)12-21-22(13)17-10-6-5-9-16(17)19/h2-10,12H,11H2,1H3,(H,20,23). The first-order valence-corrected chi connectivity index (χ1v) is 7.28. The smallest absolute Gasteiger partial charge is 0.255 e. The second-order valence-corrected chi connectivity index (χ2v) is 5.18. The number of hydrogen-bond acceptors (Lipinski definition) is 2. The molecule has 0 saturated heterocycles. The summed E-state index contributed by atoms with van der Waals surface area (Å²) in [6.45, 7) is 2.18. The summed E-state index contributed by atoms with van der Waals surface area (Å²) in [5.41, 5.74) is 2.37. The molecule has 1 heterocycles. The Bertz CT molecular complexity index is 827. The number of nitrogens with zero attached hydrogens (tertiary/aromatic N) is 2. The predicted molar refractivity (Wildman–Crippen MR) is 85.9 cm³/mol. The third kappa shape index (κ3) is 3.13. The summed E-state index contributed by atoms with van der Waals surface area (Å²) >= 11 is 0. The van der Waals surface area contributed by atoms with Crippen LogP contribution in [0.5, 0.6) is 0 Å². The van der Waals surface area contributed by atoms with Crippen molar-refractivity contribution in [2.45, 2.75) is 13.5 Å². The van der Waals surface area contributed by atoms with E-state index < -0.39 is 0 Å². The Morgan fingerprint density at radius 3 is 2.57 bits per heavy atom. The second kappa shape index (κ2) is 6.44. The highest BCUT2D eigenvalue weighted by molar-refractivity contribution is 5.95. The molecule has 0 saturated carbocycles.